The van der Waals surface area contributed by atoms with Gasteiger partial charge < -0.3 is 4.74 Å². The molecule has 0 fully saturated rings. The fraction of sp³-hybridized carbons (Fsp3) is 0.615. The summed E-state index contributed by atoms with van der Waals surface area (Å²) in [6.45, 7) is 2.44. The van der Waals surface area contributed by atoms with Crippen molar-refractivity contribution in [2.75, 3.05) is 19.4 Å². The van der Waals surface area contributed by atoms with Crippen molar-refractivity contribution in [1.82, 2.24) is 4.31 Å². The van der Waals surface area contributed by atoms with E-state index >= 15 is 0 Å². The number of hydrogen-bond donors (Lipinski definition) is 0. The second-order valence-corrected chi connectivity index (χ2v) is 7.87. The Hall–Kier alpha value is -0.920. The molecule has 0 N–H and O–H groups in total. The Morgan fingerprint density at radius 1 is 1.55 bits per heavy atom. The number of methoxy groups -OCH3 is 1. The minimum atomic E-state index is -3.33. The van der Waals surface area contributed by atoms with Crippen molar-refractivity contribution in [2.45, 2.75) is 32.2 Å². The molecule has 1 aromatic heterocycles. The normalized spacial score (nSPS) is 19.6. The van der Waals surface area contributed by atoms with Crippen LogP contribution in [-0.2, 0) is 26.0 Å². The lowest BCUT2D eigenvalue weighted by atomic mass is 10.0. The highest BCUT2D eigenvalue weighted by molar-refractivity contribution is 7.89. The van der Waals surface area contributed by atoms with Crippen molar-refractivity contribution in [1.29, 1.82) is 0 Å². The summed E-state index contributed by atoms with van der Waals surface area (Å²) in [6.07, 6.45) is 1.21. The lowest BCUT2D eigenvalue weighted by molar-refractivity contribution is -0.140. The minimum Gasteiger partial charge on any atom is -0.469 e. The third-order valence-electron chi connectivity index (χ3n) is 3.59. The van der Waals surface area contributed by atoms with Gasteiger partial charge in [-0.05, 0) is 36.8 Å². The molecular weight excluding hydrogens is 298 g/mol. The third kappa shape index (κ3) is 3.21. The van der Waals surface area contributed by atoms with E-state index in [2.05, 4.69) is 4.74 Å². The summed E-state index contributed by atoms with van der Waals surface area (Å²) >= 11 is 1.68. The molecule has 1 unspecified atom stereocenters. The maximum absolute atomic E-state index is 12.4. The molecular formula is C13H19NO4S2. The first-order chi connectivity index (χ1) is 9.45. The molecule has 112 valence electrons. The summed E-state index contributed by atoms with van der Waals surface area (Å²) in [7, 11) is -2.02. The van der Waals surface area contributed by atoms with Crippen LogP contribution in [0.25, 0.3) is 0 Å². The summed E-state index contributed by atoms with van der Waals surface area (Å²) < 4.78 is 30.8. The summed E-state index contributed by atoms with van der Waals surface area (Å²) in [5, 5.41) is 2.01. The second-order valence-electron chi connectivity index (χ2n) is 4.83. The molecule has 0 aromatic carbocycles. The van der Waals surface area contributed by atoms with E-state index in [0.29, 0.717) is 13.0 Å². The zero-order valence-corrected chi connectivity index (χ0v) is 13.3. The summed E-state index contributed by atoms with van der Waals surface area (Å²) in [4.78, 5) is 12.3. The Morgan fingerprint density at radius 3 is 3.00 bits per heavy atom. The molecule has 0 spiro atoms. The largest absolute Gasteiger partial charge is 0.469 e. The van der Waals surface area contributed by atoms with Crippen LogP contribution in [0.4, 0.5) is 0 Å². The molecule has 0 aliphatic carbocycles. The van der Waals surface area contributed by atoms with Gasteiger partial charge >= 0.3 is 5.97 Å². The van der Waals surface area contributed by atoms with E-state index in [1.165, 1.54) is 12.0 Å². The Morgan fingerprint density at radius 2 is 2.30 bits per heavy atom. The number of nitrogens with zero attached hydrogens (tertiary/aromatic N) is 1. The first-order valence-corrected chi connectivity index (χ1v) is 9.07. The van der Waals surface area contributed by atoms with Crippen LogP contribution in [0.2, 0.25) is 0 Å². The van der Waals surface area contributed by atoms with Crippen LogP contribution in [0.1, 0.15) is 36.2 Å². The molecule has 20 heavy (non-hydrogen) atoms. The summed E-state index contributed by atoms with van der Waals surface area (Å²) in [6, 6.07) is 1.88. The number of thiophene rings is 1. The van der Waals surface area contributed by atoms with Crippen LogP contribution in [0.3, 0.4) is 0 Å². The fourth-order valence-corrected chi connectivity index (χ4v) is 5.16. The maximum atomic E-state index is 12.4. The Kier molecular flexibility index (Phi) is 4.82. The van der Waals surface area contributed by atoms with E-state index in [1.807, 2.05) is 18.4 Å². The quantitative estimate of drug-likeness (QED) is 0.779. The Bertz CT molecular complexity index is 579. The molecule has 0 amide bonds. The van der Waals surface area contributed by atoms with Crippen LogP contribution in [-0.4, -0.2) is 38.1 Å². The van der Waals surface area contributed by atoms with Crippen molar-refractivity contribution in [2.24, 2.45) is 0 Å². The van der Waals surface area contributed by atoms with Gasteiger partial charge in [0.15, 0.2) is 0 Å². The van der Waals surface area contributed by atoms with E-state index in [0.717, 1.165) is 12.0 Å². The zero-order chi connectivity index (χ0) is 14.8. The third-order valence-corrected chi connectivity index (χ3v) is 6.60. The van der Waals surface area contributed by atoms with E-state index in [4.69, 9.17) is 0 Å². The topological polar surface area (TPSA) is 63.7 Å². The molecule has 7 heteroatoms. The predicted molar refractivity (Wildman–Crippen MR) is 78.2 cm³/mol. The fourth-order valence-electron chi connectivity index (χ4n) is 2.48. The summed E-state index contributed by atoms with van der Waals surface area (Å²) in [5.41, 5.74) is 1.11. The molecule has 0 bridgehead atoms. The molecule has 0 saturated heterocycles. The van der Waals surface area contributed by atoms with E-state index in [1.54, 1.807) is 15.6 Å². The van der Waals surface area contributed by atoms with Gasteiger partial charge in [0.1, 0.15) is 0 Å². The first kappa shape index (κ1) is 15.5. The molecule has 1 atom stereocenters. The second kappa shape index (κ2) is 6.24. The van der Waals surface area contributed by atoms with Crippen molar-refractivity contribution in [3.8, 4) is 0 Å². The first-order valence-electron chi connectivity index (χ1n) is 6.58. The highest BCUT2D eigenvalue weighted by Gasteiger charge is 2.32. The number of ether oxygens (including phenoxy) is 1. The van der Waals surface area contributed by atoms with Crippen LogP contribution in [0, 0.1) is 0 Å². The van der Waals surface area contributed by atoms with E-state index < -0.39 is 10.0 Å². The molecule has 5 nitrogen and oxygen atoms in total. The van der Waals surface area contributed by atoms with Gasteiger partial charge in [-0.2, -0.15) is 4.31 Å². The number of hydrogen-bond acceptors (Lipinski definition) is 5. The molecule has 2 heterocycles. The number of fused-ring (bicyclic) bond motifs is 1. The van der Waals surface area contributed by atoms with Gasteiger partial charge in [-0.15, -0.1) is 11.3 Å². The van der Waals surface area contributed by atoms with Crippen molar-refractivity contribution >= 4 is 27.3 Å². The molecule has 1 aliphatic heterocycles. The number of carbonyl (C=O) groups is 1. The number of carbonyl (C=O) groups excluding carboxylic acids is 1. The van der Waals surface area contributed by atoms with E-state index in [-0.39, 0.29) is 24.2 Å². The number of esters is 1. The Balaban J connectivity index is 2.02. The standard InChI is InChI=1S/C13H19NO4S2/c1-10-11-6-8-19-12(11)5-7-14(10)20(16,17)9-3-4-13(15)18-2/h6,8,10H,3-5,7,9H2,1-2H3. The minimum absolute atomic E-state index is 0.00803. The van der Waals surface area contributed by atoms with Gasteiger partial charge in [-0.3, -0.25) is 4.79 Å². The van der Waals surface area contributed by atoms with Crippen LogP contribution >= 0.6 is 11.3 Å². The van der Waals surface area contributed by atoms with Gasteiger partial charge in [-0.25, -0.2) is 8.42 Å². The van der Waals surface area contributed by atoms with Gasteiger partial charge in [0.05, 0.1) is 12.9 Å². The van der Waals surface area contributed by atoms with Gasteiger partial charge in [0.2, 0.25) is 10.0 Å². The van der Waals surface area contributed by atoms with Gasteiger partial charge in [0, 0.05) is 23.9 Å². The van der Waals surface area contributed by atoms with E-state index in [9.17, 15) is 13.2 Å². The average molecular weight is 317 g/mol. The number of rotatable bonds is 5. The number of sulfonamides is 1. The van der Waals surface area contributed by atoms with Crippen molar-refractivity contribution in [3.05, 3.63) is 21.9 Å². The summed E-state index contributed by atoms with van der Waals surface area (Å²) in [5.74, 6) is -0.377. The zero-order valence-electron chi connectivity index (χ0n) is 11.7. The molecule has 0 radical (unpaired) electrons. The highest BCUT2D eigenvalue weighted by Crippen LogP contribution is 2.34. The van der Waals surface area contributed by atoms with Crippen LogP contribution in [0.15, 0.2) is 11.4 Å². The monoisotopic (exact) mass is 317 g/mol. The molecule has 2 rings (SSSR count). The van der Waals surface area contributed by atoms with Gasteiger partial charge in [-0.1, -0.05) is 0 Å². The van der Waals surface area contributed by atoms with Crippen molar-refractivity contribution < 1.29 is 17.9 Å². The maximum Gasteiger partial charge on any atom is 0.305 e. The predicted octanol–water partition coefficient (Wildman–Crippen LogP) is 1.95. The SMILES string of the molecule is COC(=O)CCCS(=O)(=O)N1CCc2sccc2C1C. The van der Waals surface area contributed by atoms with Crippen molar-refractivity contribution in [3.63, 3.8) is 0 Å². The molecule has 1 aliphatic rings. The lowest BCUT2D eigenvalue weighted by Crippen LogP contribution is -2.39. The highest BCUT2D eigenvalue weighted by atomic mass is 32.2. The smallest absolute Gasteiger partial charge is 0.305 e. The van der Waals surface area contributed by atoms with Crippen LogP contribution < -0.4 is 0 Å². The molecule has 1 aromatic rings. The lowest BCUT2D eigenvalue weighted by Gasteiger charge is -2.32. The van der Waals surface area contributed by atoms with Crippen LogP contribution in [0.5, 0.6) is 0 Å². The average Bonchev–Trinajstić information content (AvgIpc) is 2.87. The Labute approximate surface area is 123 Å². The van der Waals surface area contributed by atoms with Gasteiger partial charge in [0.25, 0.3) is 0 Å². The molecule has 0 saturated carbocycles.